The van der Waals surface area contributed by atoms with Gasteiger partial charge in [0.2, 0.25) is 0 Å². The molecule has 190 valence electrons. The lowest BCUT2D eigenvalue weighted by Gasteiger charge is -2.26. The fraction of sp³-hybridized carbons (Fsp3) is 0.207. The monoisotopic (exact) mass is 500 g/mol. The Morgan fingerprint density at radius 1 is 0.784 bits per heavy atom. The maximum atomic E-state index is 13.1. The smallest absolute Gasteiger partial charge is 0.335 e. The van der Waals surface area contributed by atoms with Crippen molar-refractivity contribution in [1.29, 1.82) is 0 Å². The lowest BCUT2D eigenvalue weighted by atomic mass is 10.1. The highest BCUT2D eigenvalue weighted by molar-refractivity contribution is 6.39. The molecule has 0 aromatic heterocycles. The van der Waals surface area contributed by atoms with Crippen molar-refractivity contribution >= 4 is 29.6 Å². The third-order valence-electron chi connectivity index (χ3n) is 5.60. The van der Waals surface area contributed by atoms with E-state index in [2.05, 4.69) is 5.32 Å². The van der Waals surface area contributed by atoms with Gasteiger partial charge in [0.25, 0.3) is 11.8 Å². The van der Waals surface area contributed by atoms with Crippen molar-refractivity contribution < 1.29 is 28.6 Å². The van der Waals surface area contributed by atoms with Gasteiger partial charge >= 0.3 is 6.03 Å². The molecule has 1 N–H and O–H groups in total. The molecule has 1 aliphatic rings. The molecule has 0 unspecified atom stereocenters. The first-order valence-electron chi connectivity index (χ1n) is 11.9. The van der Waals surface area contributed by atoms with Crippen LogP contribution in [0.2, 0.25) is 0 Å². The van der Waals surface area contributed by atoms with Gasteiger partial charge in [-0.05, 0) is 68.8 Å². The summed E-state index contributed by atoms with van der Waals surface area (Å²) < 4.78 is 17.3. The Morgan fingerprint density at radius 3 is 2.11 bits per heavy atom. The summed E-state index contributed by atoms with van der Waals surface area (Å²) in [7, 11) is 0. The molecule has 8 heteroatoms. The quantitative estimate of drug-likeness (QED) is 0.257. The van der Waals surface area contributed by atoms with Crippen molar-refractivity contribution in [1.82, 2.24) is 5.32 Å². The van der Waals surface area contributed by atoms with Gasteiger partial charge in [0.05, 0.1) is 12.3 Å². The van der Waals surface area contributed by atoms with Gasteiger partial charge in [-0.1, -0.05) is 41.5 Å². The van der Waals surface area contributed by atoms with E-state index in [-0.39, 0.29) is 5.57 Å². The van der Waals surface area contributed by atoms with Gasteiger partial charge in [0.1, 0.15) is 24.5 Å². The molecule has 1 fully saturated rings. The molecule has 8 nitrogen and oxygen atoms in total. The summed E-state index contributed by atoms with van der Waals surface area (Å²) in [6.45, 7) is 6.79. The molecular weight excluding hydrogens is 472 g/mol. The van der Waals surface area contributed by atoms with Crippen LogP contribution in [0.5, 0.6) is 17.2 Å². The number of urea groups is 1. The Labute approximate surface area is 215 Å². The average molecular weight is 501 g/mol. The van der Waals surface area contributed by atoms with E-state index in [0.717, 1.165) is 21.8 Å². The highest BCUT2D eigenvalue weighted by atomic mass is 16.5. The number of amides is 4. The van der Waals surface area contributed by atoms with Crippen LogP contribution in [0.3, 0.4) is 0 Å². The van der Waals surface area contributed by atoms with Crippen LogP contribution in [0.1, 0.15) is 23.6 Å². The summed E-state index contributed by atoms with van der Waals surface area (Å²) in [5.41, 5.74) is 2.89. The van der Waals surface area contributed by atoms with Gasteiger partial charge in [-0.3, -0.25) is 14.9 Å². The summed E-state index contributed by atoms with van der Waals surface area (Å²) in [4.78, 5) is 39.0. The number of nitrogens with zero attached hydrogens (tertiary/aromatic N) is 1. The van der Waals surface area contributed by atoms with E-state index in [0.29, 0.717) is 42.6 Å². The number of carbonyl (C=O) groups is 3. The van der Waals surface area contributed by atoms with Crippen LogP contribution in [0.25, 0.3) is 6.08 Å². The van der Waals surface area contributed by atoms with Crippen molar-refractivity contribution in [2.45, 2.75) is 20.8 Å². The summed E-state index contributed by atoms with van der Waals surface area (Å²) in [5.74, 6) is 0.263. The minimum absolute atomic E-state index is 0.164. The molecule has 1 aliphatic heterocycles. The molecule has 4 rings (SSSR count). The molecule has 3 aromatic carbocycles. The first kappa shape index (κ1) is 25.5. The van der Waals surface area contributed by atoms with Gasteiger partial charge in [-0.15, -0.1) is 0 Å². The van der Waals surface area contributed by atoms with Gasteiger partial charge in [-0.2, -0.15) is 0 Å². The van der Waals surface area contributed by atoms with Crippen LogP contribution in [0.15, 0.2) is 72.3 Å². The fourth-order valence-electron chi connectivity index (χ4n) is 3.70. The topological polar surface area (TPSA) is 94.2 Å². The van der Waals surface area contributed by atoms with Crippen molar-refractivity contribution in [3.05, 3.63) is 89.0 Å². The largest absolute Gasteiger partial charge is 0.490 e. The summed E-state index contributed by atoms with van der Waals surface area (Å²) >= 11 is 0. The molecule has 0 saturated carbocycles. The number of imide groups is 2. The molecule has 0 radical (unpaired) electrons. The first-order valence-corrected chi connectivity index (χ1v) is 11.9. The van der Waals surface area contributed by atoms with Crippen LogP contribution in [-0.4, -0.2) is 37.7 Å². The third-order valence-corrected chi connectivity index (χ3v) is 5.60. The summed E-state index contributed by atoms with van der Waals surface area (Å²) in [5, 5.41) is 2.23. The standard InChI is InChI=1S/C29H28N2O6/c1-4-35-26-18-21(9-14-25(26)37-16-15-36-23-12-7-20(3)8-13-23)17-24-27(32)30-29(34)31(28(24)33)22-10-5-19(2)6-11-22/h5-14,17-18H,4,15-16H2,1-3H3,(H,30,32,34). The fourth-order valence-corrected chi connectivity index (χ4v) is 3.70. The first-order chi connectivity index (χ1) is 17.9. The van der Waals surface area contributed by atoms with E-state index in [1.807, 2.05) is 45.0 Å². The Hall–Kier alpha value is -4.59. The Bertz CT molecular complexity index is 1330. The minimum atomic E-state index is -0.789. The van der Waals surface area contributed by atoms with E-state index in [1.54, 1.807) is 42.5 Å². The molecule has 3 aromatic rings. The van der Waals surface area contributed by atoms with Crippen molar-refractivity contribution in [3.63, 3.8) is 0 Å². The summed E-state index contributed by atoms with van der Waals surface area (Å²) in [6, 6.07) is 18.9. The van der Waals surface area contributed by atoms with E-state index in [4.69, 9.17) is 14.2 Å². The Balaban J connectivity index is 1.50. The second-order valence-electron chi connectivity index (χ2n) is 8.44. The number of hydrogen-bond acceptors (Lipinski definition) is 6. The van der Waals surface area contributed by atoms with Crippen LogP contribution in [-0.2, 0) is 9.59 Å². The Morgan fingerprint density at radius 2 is 1.43 bits per heavy atom. The lowest BCUT2D eigenvalue weighted by molar-refractivity contribution is -0.122. The minimum Gasteiger partial charge on any atom is -0.490 e. The van der Waals surface area contributed by atoms with Crippen molar-refractivity contribution in [2.24, 2.45) is 0 Å². The van der Waals surface area contributed by atoms with Gasteiger partial charge in [0, 0.05) is 0 Å². The zero-order valence-electron chi connectivity index (χ0n) is 20.9. The number of nitrogens with one attached hydrogen (secondary N) is 1. The van der Waals surface area contributed by atoms with Crippen LogP contribution >= 0.6 is 0 Å². The predicted octanol–water partition coefficient (Wildman–Crippen LogP) is 4.83. The molecular formula is C29H28N2O6. The van der Waals surface area contributed by atoms with Gasteiger partial charge < -0.3 is 14.2 Å². The molecule has 0 spiro atoms. The van der Waals surface area contributed by atoms with Gasteiger partial charge in [0.15, 0.2) is 11.5 Å². The molecule has 0 atom stereocenters. The molecule has 37 heavy (non-hydrogen) atoms. The third kappa shape index (κ3) is 6.16. The average Bonchev–Trinajstić information content (AvgIpc) is 2.87. The Kier molecular flexibility index (Phi) is 7.88. The number of hydrogen-bond donors (Lipinski definition) is 1. The van der Waals surface area contributed by atoms with E-state index >= 15 is 0 Å². The molecule has 0 aliphatic carbocycles. The second kappa shape index (κ2) is 11.4. The van der Waals surface area contributed by atoms with Crippen LogP contribution in [0, 0.1) is 13.8 Å². The van der Waals surface area contributed by atoms with E-state index in [9.17, 15) is 14.4 Å². The number of benzene rings is 3. The van der Waals surface area contributed by atoms with E-state index in [1.165, 1.54) is 6.08 Å². The maximum absolute atomic E-state index is 13.1. The molecule has 1 heterocycles. The molecule has 1 saturated heterocycles. The zero-order valence-corrected chi connectivity index (χ0v) is 20.9. The number of rotatable bonds is 9. The number of aryl methyl sites for hydroxylation is 2. The number of ether oxygens (including phenoxy) is 3. The van der Waals surface area contributed by atoms with Crippen LogP contribution < -0.4 is 24.4 Å². The molecule has 4 amide bonds. The SMILES string of the molecule is CCOc1cc(C=C2C(=O)NC(=O)N(c3ccc(C)cc3)C2=O)ccc1OCCOc1ccc(C)cc1. The predicted molar refractivity (Wildman–Crippen MR) is 140 cm³/mol. The highest BCUT2D eigenvalue weighted by Gasteiger charge is 2.36. The zero-order chi connectivity index (χ0) is 26.4. The number of anilines is 1. The van der Waals surface area contributed by atoms with Crippen LogP contribution in [0.4, 0.5) is 10.5 Å². The second-order valence-corrected chi connectivity index (χ2v) is 8.44. The summed E-state index contributed by atoms with van der Waals surface area (Å²) in [6.07, 6.45) is 1.43. The van der Waals surface area contributed by atoms with Crippen molar-refractivity contribution in [3.8, 4) is 17.2 Å². The number of carbonyl (C=O) groups excluding carboxylic acids is 3. The van der Waals surface area contributed by atoms with Crippen molar-refractivity contribution in [2.75, 3.05) is 24.7 Å². The normalized spacial score (nSPS) is 14.5. The maximum Gasteiger partial charge on any atom is 0.335 e. The van der Waals surface area contributed by atoms with E-state index < -0.39 is 17.8 Å². The van der Waals surface area contributed by atoms with Gasteiger partial charge in [-0.25, -0.2) is 9.69 Å². The highest BCUT2D eigenvalue weighted by Crippen LogP contribution is 2.30. The number of barbiturate groups is 1. The molecule has 0 bridgehead atoms. The lowest BCUT2D eigenvalue weighted by Crippen LogP contribution is -2.54.